The second kappa shape index (κ2) is 2.83. The largest absolute Gasteiger partial charge is 0.376 e. The number of nitrogens with two attached hydrogens (primary N) is 1. The summed E-state index contributed by atoms with van der Waals surface area (Å²) in [6, 6.07) is 0. The number of carbonyl (C=O) groups is 1. The Balaban J connectivity index is 2.47. The Hall–Kier alpha value is -0.840. The van der Waals surface area contributed by atoms with E-state index in [-0.39, 0.29) is 5.91 Å². The van der Waals surface area contributed by atoms with E-state index in [2.05, 4.69) is 5.32 Å². The van der Waals surface area contributed by atoms with Crippen molar-refractivity contribution in [2.24, 2.45) is 5.73 Å². The number of carbonyl (C=O) groups excluding carboxylic acids is 1. The molecule has 1 aliphatic heterocycles. The minimum absolute atomic E-state index is 0.0148. The third-order valence-corrected chi connectivity index (χ3v) is 1.61. The molecule has 0 aromatic heterocycles. The minimum atomic E-state index is -0.0148. The number of thiocarbonyl (C=S) groups is 1. The smallest absolute Gasteiger partial charge is 0.239 e. The molecule has 0 saturated carbocycles. The van der Waals surface area contributed by atoms with Gasteiger partial charge in [0.2, 0.25) is 5.91 Å². The van der Waals surface area contributed by atoms with Crippen LogP contribution in [0.25, 0.3) is 0 Å². The second-order valence-electron chi connectivity index (χ2n) is 2.11. The fourth-order valence-electron chi connectivity index (χ4n) is 0.827. The average Bonchev–Trinajstić information content (AvgIpc) is 1.88. The number of hydrogen-bond acceptors (Lipinski definition) is 2. The molecule has 1 heterocycles. The minimum Gasteiger partial charge on any atom is -0.376 e. The highest BCUT2D eigenvalue weighted by Gasteiger charge is 2.15. The lowest BCUT2D eigenvalue weighted by Gasteiger charge is -2.26. The third-order valence-electron chi connectivity index (χ3n) is 1.35. The molecular formula is C5H9N3OS. The van der Waals surface area contributed by atoms with Crippen molar-refractivity contribution in [3.05, 3.63) is 0 Å². The predicted octanol–water partition coefficient (Wildman–Crippen LogP) is -1.34. The van der Waals surface area contributed by atoms with Crippen molar-refractivity contribution in [1.29, 1.82) is 0 Å². The molecule has 1 fully saturated rings. The van der Waals surface area contributed by atoms with Crippen LogP contribution in [-0.2, 0) is 4.79 Å². The first-order chi connectivity index (χ1) is 4.70. The van der Waals surface area contributed by atoms with Crippen LogP contribution in [0, 0.1) is 0 Å². The molecular weight excluding hydrogens is 150 g/mol. The summed E-state index contributed by atoms with van der Waals surface area (Å²) in [5, 5.41) is 2.97. The summed E-state index contributed by atoms with van der Waals surface area (Å²) in [6.45, 7) is 1.66. The topological polar surface area (TPSA) is 58.4 Å². The molecule has 10 heavy (non-hydrogen) atoms. The van der Waals surface area contributed by atoms with Gasteiger partial charge in [0.15, 0.2) is 5.11 Å². The summed E-state index contributed by atoms with van der Waals surface area (Å²) in [4.78, 5) is 12.4. The van der Waals surface area contributed by atoms with Gasteiger partial charge in [0.1, 0.15) is 0 Å². The molecule has 0 spiro atoms. The first kappa shape index (κ1) is 7.27. The molecule has 0 aromatic carbocycles. The van der Waals surface area contributed by atoms with Gasteiger partial charge in [0.05, 0.1) is 6.54 Å². The molecule has 5 heteroatoms. The molecule has 1 rings (SSSR count). The van der Waals surface area contributed by atoms with Gasteiger partial charge in [0, 0.05) is 13.1 Å². The van der Waals surface area contributed by atoms with Gasteiger partial charge >= 0.3 is 0 Å². The highest BCUT2D eigenvalue weighted by atomic mass is 32.1. The van der Waals surface area contributed by atoms with E-state index in [4.69, 9.17) is 18.0 Å². The molecule has 0 aromatic rings. The molecule has 3 N–H and O–H groups in total. The fraction of sp³-hybridized carbons (Fsp3) is 0.600. The summed E-state index contributed by atoms with van der Waals surface area (Å²) in [5.74, 6) is -0.0148. The average molecular weight is 159 g/mol. The van der Waals surface area contributed by atoms with E-state index in [1.165, 1.54) is 0 Å². The van der Waals surface area contributed by atoms with E-state index in [0.717, 1.165) is 6.54 Å². The van der Waals surface area contributed by atoms with Crippen LogP contribution in [-0.4, -0.2) is 35.6 Å². The Kier molecular flexibility index (Phi) is 2.06. The molecule has 0 atom stereocenters. The number of amides is 1. The number of nitrogens with one attached hydrogen (secondary N) is 1. The Morgan fingerprint density at radius 1 is 1.80 bits per heavy atom. The zero-order valence-corrected chi connectivity index (χ0v) is 6.28. The van der Waals surface area contributed by atoms with Crippen molar-refractivity contribution >= 4 is 23.2 Å². The fourth-order valence-corrected chi connectivity index (χ4v) is 0.983. The number of piperazine rings is 1. The Morgan fingerprint density at radius 3 is 2.90 bits per heavy atom. The molecule has 0 bridgehead atoms. The molecule has 0 radical (unpaired) electrons. The normalized spacial score (nSPS) is 18.4. The summed E-state index contributed by atoms with van der Waals surface area (Å²) in [7, 11) is 0. The van der Waals surface area contributed by atoms with Crippen LogP contribution in [0.15, 0.2) is 0 Å². The maximum atomic E-state index is 10.7. The lowest BCUT2D eigenvalue weighted by Crippen LogP contribution is -2.51. The number of rotatable bonds is 0. The quantitative estimate of drug-likeness (QED) is 0.430. The summed E-state index contributed by atoms with van der Waals surface area (Å²) < 4.78 is 0. The van der Waals surface area contributed by atoms with E-state index >= 15 is 0 Å². The highest BCUT2D eigenvalue weighted by molar-refractivity contribution is 7.80. The molecule has 56 valence electrons. The zero-order chi connectivity index (χ0) is 7.56. The van der Waals surface area contributed by atoms with Crippen LogP contribution in [0.5, 0.6) is 0 Å². The molecule has 1 aliphatic rings. The summed E-state index contributed by atoms with van der Waals surface area (Å²) in [5.41, 5.74) is 5.31. The maximum Gasteiger partial charge on any atom is 0.239 e. The standard InChI is InChI=1S/C5H9N3OS/c6-5(10)8-2-1-7-4(9)3-8/h1-3H2,(H2,6,10)(H,7,9). The first-order valence-electron chi connectivity index (χ1n) is 3.01. The van der Waals surface area contributed by atoms with Gasteiger partial charge in [-0.15, -0.1) is 0 Å². The van der Waals surface area contributed by atoms with Gasteiger partial charge in [0.25, 0.3) is 0 Å². The van der Waals surface area contributed by atoms with E-state index < -0.39 is 0 Å². The predicted molar refractivity (Wildman–Crippen MR) is 41.4 cm³/mol. The number of hydrogen-bond donors (Lipinski definition) is 2. The van der Waals surface area contributed by atoms with Crippen LogP contribution < -0.4 is 11.1 Å². The van der Waals surface area contributed by atoms with Crippen LogP contribution in [0.1, 0.15) is 0 Å². The van der Waals surface area contributed by atoms with Gasteiger partial charge in [-0.3, -0.25) is 4.79 Å². The zero-order valence-electron chi connectivity index (χ0n) is 5.46. The Labute approximate surface area is 64.4 Å². The Morgan fingerprint density at radius 2 is 2.50 bits per heavy atom. The van der Waals surface area contributed by atoms with E-state index in [1.807, 2.05) is 0 Å². The number of nitrogens with zero attached hydrogens (tertiary/aromatic N) is 1. The second-order valence-corrected chi connectivity index (χ2v) is 2.53. The summed E-state index contributed by atoms with van der Waals surface area (Å²) >= 11 is 4.69. The maximum absolute atomic E-state index is 10.7. The summed E-state index contributed by atoms with van der Waals surface area (Å²) in [6.07, 6.45) is 0. The van der Waals surface area contributed by atoms with Crippen molar-refractivity contribution in [3.8, 4) is 0 Å². The Bertz CT molecular complexity index is 168. The van der Waals surface area contributed by atoms with Gasteiger partial charge in [-0.2, -0.15) is 0 Å². The third kappa shape index (κ3) is 1.57. The van der Waals surface area contributed by atoms with E-state index in [1.54, 1.807) is 4.90 Å². The van der Waals surface area contributed by atoms with Crippen LogP contribution in [0.2, 0.25) is 0 Å². The molecule has 0 aliphatic carbocycles. The van der Waals surface area contributed by atoms with Crippen molar-refractivity contribution in [2.45, 2.75) is 0 Å². The van der Waals surface area contributed by atoms with E-state index in [0.29, 0.717) is 18.2 Å². The van der Waals surface area contributed by atoms with Gasteiger partial charge in [-0.05, 0) is 12.2 Å². The van der Waals surface area contributed by atoms with Crippen molar-refractivity contribution in [1.82, 2.24) is 10.2 Å². The van der Waals surface area contributed by atoms with Crippen molar-refractivity contribution in [3.63, 3.8) is 0 Å². The SMILES string of the molecule is NC(=S)N1CCNC(=O)C1. The molecule has 1 saturated heterocycles. The van der Waals surface area contributed by atoms with Crippen molar-refractivity contribution in [2.75, 3.05) is 19.6 Å². The van der Waals surface area contributed by atoms with E-state index in [9.17, 15) is 4.79 Å². The molecule has 1 amide bonds. The van der Waals surface area contributed by atoms with Crippen LogP contribution >= 0.6 is 12.2 Å². The molecule has 4 nitrogen and oxygen atoms in total. The van der Waals surface area contributed by atoms with Gasteiger partial charge < -0.3 is 16.0 Å². The monoisotopic (exact) mass is 159 g/mol. The van der Waals surface area contributed by atoms with Gasteiger partial charge in [-0.25, -0.2) is 0 Å². The lowest BCUT2D eigenvalue weighted by atomic mass is 10.4. The lowest BCUT2D eigenvalue weighted by molar-refractivity contribution is -0.122. The first-order valence-corrected chi connectivity index (χ1v) is 3.42. The van der Waals surface area contributed by atoms with Crippen LogP contribution in [0.4, 0.5) is 0 Å². The van der Waals surface area contributed by atoms with Gasteiger partial charge in [-0.1, -0.05) is 0 Å². The highest BCUT2D eigenvalue weighted by Crippen LogP contribution is 1.91. The van der Waals surface area contributed by atoms with Crippen molar-refractivity contribution < 1.29 is 4.79 Å². The van der Waals surface area contributed by atoms with Crippen LogP contribution in [0.3, 0.4) is 0 Å². The molecule has 0 unspecified atom stereocenters.